The first-order valence-corrected chi connectivity index (χ1v) is 10.6. The molecule has 0 bridgehead atoms. The number of methoxy groups -OCH3 is 3. The van der Waals surface area contributed by atoms with Crippen molar-refractivity contribution in [2.75, 3.05) is 32.2 Å². The lowest BCUT2D eigenvalue weighted by atomic mass is 10.1. The first kappa shape index (κ1) is 21.7. The third kappa shape index (κ3) is 4.15. The maximum atomic E-state index is 13.6. The van der Waals surface area contributed by atoms with Crippen LogP contribution in [0.1, 0.15) is 0 Å². The molecule has 0 fully saturated rings. The number of carbonyl (C=O) groups excluding carboxylic acids is 1. The molecule has 3 aromatic rings. The van der Waals surface area contributed by atoms with E-state index >= 15 is 0 Å². The molecule has 0 radical (unpaired) electrons. The molecule has 0 N–H and O–H groups in total. The first-order chi connectivity index (χ1) is 14.3. The van der Waals surface area contributed by atoms with Crippen LogP contribution in [-0.4, -0.2) is 42.3 Å². The zero-order valence-electron chi connectivity index (χ0n) is 16.6. The van der Waals surface area contributed by atoms with Crippen LogP contribution in [0.3, 0.4) is 0 Å². The number of fused-ring (bicyclic) bond motifs is 1. The highest BCUT2D eigenvalue weighted by molar-refractivity contribution is 7.92. The molecule has 0 unspecified atom stereocenters. The van der Waals surface area contributed by atoms with Crippen molar-refractivity contribution in [2.45, 2.75) is 4.90 Å². The number of ether oxygens (including phenoxy) is 3. The lowest BCUT2D eigenvalue weighted by Gasteiger charge is -2.26. The third-order valence-corrected chi connectivity index (χ3v) is 6.58. The summed E-state index contributed by atoms with van der Waals surface area (Å²) in [5, 5.41) is 1.87. The van der Waals surface area contributed by atoms with Crippen LogP contribution in [0.4, 0.5) is 5.69 Å². The van der Waals surface area contributed by atoms with Crippen molar-refractivity contribution >= 4 is 44.1 Å². The van der Waals surface area contributed by atoms with Crippen LogP contribution in [0.2, 0.25) is 5.02 Å². The molecule has 0 amide bonds. The molecular formula is C21H20ClNO6S. The van der Waals surface area contributed by atoms with Crippen molar-refractivity contribution < 1.29 is 27.4 Å². The zero-order valence-corrected chi connectivity index (χ0v) is 18.2. The van der Waals surface area contributed by atoms with Gasteiger partial charge in [0.1, 0.15) is 18.0 Å². The number of carbonyl (C=O) groups is 1. The highest BCUT2D eigenvalue weighted by Crippen LogP contribution is 2.40. The highest BCUT2D eigenvalue weighted by atomic mass is 35.5. The van der Waals surface area contributed by atoms with E-state index in [1.807, 2.05) is 24.3 Å². The lowest BCUT2D eigenvalue weighted by Crippen LogP contribution is -2.36. The molecule has 3 aromatic carbocycles. The number of halogens is 1. The van der Waals surface area contributed by atoms with E-state index < -0.39 is 22.5 Å². The molecular weight excluding hydrogens is 430 g/mol. The number of esters is 1. The number of rotatable bonds is 7. The molecule has 0 spiro atoms. The molecule has 0 aromatic heterocycles. The molecule has 0 aliphatic heterocycles. The molecule has 3 rings (SSSR count). The predicted molar refractivity (Wildman–Crippen MR) is 115 cm³/mol. The fourth-order valence-corrected chi connectivity index (χ4v) is 4.65. The van der Waals surface area contributed by atoms with E-state index in [0.29, 0.717) is 0 Å². The number of sulfonamides is 1. The van der Waals surface area contributed by atoms with Crippen molar-refractivity contribution in [3.8, 4) is 11.5 Å². The minimum absolute atomic E-state index is 0.0149. The van der Waals surface area contributed by atoms with E-state index in [0.717, 1.165) is 15.1 Å². The van der Waals surface area contributed by atoms with Gasteiger partial charge in [0.25, 0.3) is 10.0 Å². The summed E-state index contributed by atoms with van der Waals surface area (Å²) >= 11 is 6.15. The van der Waals surface area contributed by atoms with Gasteiger partial charge in [0.15, 0.2) is 0 Å². The van der Waals surface area contributed by atoms with E-state index in [-0.39, 0.29) is 27.1 Å². The largest absolute Gasteiger partial charge is 0.495 e. The molecule has 0 saturated carbocycles. The third-order valence-electron chi connectivity index (χ3n) is 4.53. The normalized spacial score (nSPS) is 11.2. The Morgan fingerprint density at radius 2 is 1.60 bits per heavy atom. The fourth-order valence-electron chi connectivity index (χ4n) is 2.98. The van der Waals surface area contributed by atoms with Gasteiger partial charge >= 0.3 is 5.97 Å². The maximum Gasteiger partial charge on any atom is 0.326 e. The first-order valence-electron chi connectivity index (χ1n) is 8.81. The summed E-state index contributed by atoms with van der Waals surface area (Å²) in [5.74, 6) is -0.347. The van der Waals surface area contributed by atoms with Crippen molar-refractivity contribution in [1.29, 1.82) is 0 Å². The van der Waals surface area contributed by atoms with Crippen LogP contribution in [0.5, 0.6) is 11.5 Å². The summed E-state index contributed by atoms with van der Waals surface area (Å²) in [7, 11) is -0.206. The second-order valence-electron chi connectivity index (χ2n) is 6.26. The Morgan fingerprint density at radius 1 is 0.933 bits per heavy atom. The van der Waals surface area contributed by atoms with Crippen LogP contribution in [0.25, 0.3) is 10.8 Å². The van der Waals surface area contributed by atoms with E-state index in [4.69, 9.17) is 25.8 Å². The van der Waals surface area contributed by atoms with Gasteiger partial charge in [0.2, 0.25) is 0 Å². The maximum absolute atomic E-state index is 13.6. The van der Waals surface area contributed by atoms with Crippen LogP contribution >= 0.6 is 11.6 Å². The van der Waals surface area contributed by atoms with Gasteiger partial charge < -0.3 is 14.2 Å². The molecule has 30 heavy (non-hydrogen) atoms. The van der Waals surface area contributed by atoms with Gasteiger partial charge in [0, 0.05) is 12.1 Å². The van der Waals surface area contributed by atoms with Crippen LogP contribution in [-0.2, 0) is 19.6 Å². The Morgan fingerprint density at radius 3 is 2.23 bits per heavy atom. The summed E-state index contributed by atoms with van der Waals surface area (Å²) < 4.78 is 43.3. The minimum atomic E-state index is -4.17. The zero-order chi connectivity index (χ0) is 21.9. The predicted octanol–water partition coefficient (Wildman–Crippen LogP) is 3.88. The lowest BCUT2D eigenvalue weighted by molar-refractivity contribution is -0.138. The number of hydrogen-bond donors (Lipinski definition) is 0. The summed E-state index contributed by atoms with van der Waals surface area (Å²) in [5.41, 5.74) is 0.0947. The van der Waals surface area contributed by atoms with E-state index in [9.17, 15) is 13.2 Å². The topological polar surface area (TPSA) is 82.1 Å². The minimum Gasteiger partial charge on any atom is -0.495 e. The van der Waals surface area contributed by atoms with Gasteiger partial charge in [-0.25, -0.2) is 8.42 Å². The Hall–Kier alpha value is -2.97. The Balaban J connectivity index is 2.21. The molecule has 0 aliphatic carbocycles. The van der Waals surface area contributed by atoms with Crippen molar-refractivity contribution in [3.05, 3.63) is 59.6 Å². The molecule has 0 aliphatic rings. The summed E-state index contributed by atoms with van der Waals surface area (Å²) in [6.07, 6.45) is 0. The van der Waals surface area contributed by atoms with Crippen LogP contribution < -0.4 is 13.8 Å². The summed E-state index contributed by atoms with van der Waals surface area (Å²) in [6.45, 7) is -0.563. The molecule has 9 heteroatoms. The quantitative estimate of drug-likeness (QED) is 0.509. The van der Waals surface area contributed by atoms with E-state index in [2.05, 4.69) is 0 Å². The van der Waals surface area contributed by atoms with Gasteiger partial charge in [-0.1, -0.05) is 41.9 Å². The monoisotopic (exact) mass is 449 g/mol. The van der Waals surface area contributed by atoms with Crippen LogP contribution in [0, 0.1) is 0 Å². The Bertz CT molecular complexity index is 1200. The van der Waals surface area contributed by atoms with Gasteiger partial charge in [-0.15, -0.1) is 0 Å². The summed E-state index contributed by atoms with van der Waals surface area (Å²) in [6, 6.07) is 15.0. The number of nitrogens with zero attached hydrogens (tertiary/aromatic N) is 1. The molecule has 0 heterocycles. The second kappa shape index (κ2) is 8.81. The van der Waals surface area contributed by atoms with Crippen molar-refractivity contribution in [2.24, 2.45) is 0 Å². The van der Waals surface area contributed by atoms with Gasteiger partial charge in [0.05, 0.1) is 36.9 Å². The molecule has 0 atom stereocenters. The smallest absolute Gasteiger partial charge is 0.326 e. The fraction of sp³-hybridized carbons (Fsp3) is 0.190. The number of anilines is 1. The Labute approximate surface area is 179 Å². The van der Waals surface area contributed by atoms with Gasteiger partial charge in [-0.3, -0.25) is 9.10 Å². The number of hydrogen-bond acceptors (Lipinski definition) is 6. The van der Waals surface area contributed by atoms with E-state index in [1.54, 1.807) is 12.1 Å². The van der Waals surface area contributed by atoms with Crippen LogP contribution in [0.15, 0.2) is 59.5 Å². The SMILES string of the molecule is COC(=O)CN(c1cc(OC)c(Cl)cc1OC)S(=O)(=O)c1ccc2ccccc2c1. The second-order valence-corrected chi connectivity index (χ2v) is 8.52. The van der Waals surface area contributed by atoms with E-state index in [1.165, 1.54) is 39.5 Å². The van der Waals surface area contributed by atoms with Crippen molar-refractivity contribution in [1.82, 2.24) is 0 Å². The molecule has 7 nitrogen and oxygen atoms in total. The highest BCUT2D eigenvalue weighted by Gasteiger charge is 2.31. The van der Waals surface area contributed by atoms with Gasteiger partial charge in [-0.2, -0.15) is 0 Å². The average molecular weight is 450 g/mol. The molecule has 158 valence electrons. The Kier molecular flexibility index (Phi) is 6.38. The van der Waals surface area contributed by atoms with Gasteiger partial charge in [-0.05, 0) is 22.9 Å². The summed E-state index contributed by atoms with van der Waals surface area (Å²) in [4.78, 5) is 12.1. The standard InChI is InChI=1S/C21H20ClNO6S/c1-27-19-12-18(20(28-2)11-17(19)22)23(13-21(24)29-3)30(25,26)16-9-8-14-6-4-5-7-15(14)10-16/h4-12H,13H2,1-3H3. The van der Waals surface area contributed by atoms with Crippen molar-refractivity contribution in [3.63, 3.8) is 0 Å². The average Bonchev–Trinajstić information content (AvgIpc) is 2.76. The molecule has 0 saturated heterocycles. The number of benzene rings is 3.